The van der Waals surface area contributed by atoms with E-state index in [1.54, 1.807) is 0 Å². The standard InChI is InChI=1S/C8H15F3N2/c1-2-3-7-4-6(5-13(7)12)8(9,10)11/h6-7H,2-5,12H2,1H3/t6?,7-/m1/s1. The highest BCUT2D eigenvalue weighted by Crippen LogP contribution is 2.36. The van der Waals surface area contributed by atoms with E-state index in [-0.39, 0.29) is 19.0 Å². The summed E-state index contributed by atoms with van der Waals surface area (Å²) in [6.07, 6.45) is -2.29. The minimum absolute atomic E-state index is 0.0475. The lowest BCUT2D eigenvalue weighted by atomic mass is 10.0. The molecule has 1 aliphatic heterocycles. The second-order valence-corrected chi connectivity index (χ2v) is 3.61. The number of hydrazine groups is 1. The Morgan fingerprint density at radius 1 is 1.46 bits per heavy atom. The van der Waals surface area contributed by atoms with Gasteiger partial charge in [-0.15, -0.1) is 0 Å². The van der Waals surface area contributed by atoms with Crippen molar-refractivity contribution in [2.24, 2.45) is 11.8 Å². The largest absolute Gasteiger partial charge is 0.393 e. The van der Waals surface area contributed by atoms with Gasteiger partial charge in [0.1, 0.15) is 0 Å². The fourth-order valence-electron chi connectivity index (χ4n) is 1.80. The Bertz CT molecular complexity index is 169. The number of hydrogen-bond acceptors (Lipinski definition) is 2. The lowest BCUT2D eigenvalue weighted by Crippen LogP contribution is -2.36. The molecule has 0 bridgehead atoms. The lowest BCUT2D eigenvalue weighted by molar-refractivity contribution is -0.170. The maximum absolute atomic E-state index is 12.3. The number of alkyl halides is 3. The predicted octanol–water partition coefficient (Wildman–Crippen LogP) is 1.91. The number of halogens is 3. The molecule has 1 unspecified atom stereocenters. The van der Waals surface area contributed by atoms with Gasteiger partial charge in [-0.05, 0) is 12.8 Å². The van der Waals surface area contributed by atoms with E-state index >= 15 is 0 Å². The number of nitrogens with two attached hydrogens (primary N) is 1. The average molecular weight is 196 g/mol. The van der Waals surface area contributed by atoms with Crippen LogP contribution in [0, 0.1) is 5.92 Å². The van der Waals surface area contributed by atoms with Crippen LogP contribution in [0.4, 0.5) is 13.2 Å². The first-order chi connectivity index (χ1) is 5.95. The van der Waals surface area contributed by atoms with Gasteiger partial charge in [-0.2, -0.15) is 13.2 Å². The van der Waals surface area contributed by atoms with Crippen LogP contribution < -0.4 is 5.84 Å². The summed E-state index contributed by atoms with van der Waals surface area (Å²) in [5, 5.41) is 1.33. The van der Waals surface area contributed by atoms with Gasteiger partial charge in [0.05, 0.1) is 5.92 Å². The van der Waals surface area contributed by atoms with Crippen molar-refractivity contribution in [1.82, 2.24) is 5.01 Å². The van der Waals surface area contributed by atoms with Gasteiger partial charge in [-0.3, -0.25) is 5.84 Å². The minimum atomic E-state index is -4.08. The fraction of sp³-hybridized carbons (Fsp3) is 1.00. The molecule has 0 spiro atoms. The van der Waals surface area contributed by atoms with Crippen LogP contribution in [0.1, 0.15) is 26.2 Å². The Morgan fingerprint density at radius 2 is 2.08 bits per heavy atom. The summed E-state index contributed by atoms with van der Waals surface area (Å²) < 4.78 is 36.8. The molecule has 13 heavy (non-hydrogen) atoms. The Hall–Kier alpha value is -0.290. The van der Waals surface area contributed by atoms with Gasteiger partial charge in [-0.1, -0.05) is 13.3 Å². The van der Waals surface area contributed by atoms with E-state index in [1.165, 1.54) is 5.01 Å². The zero-order chi connectivity index (χ0) is 10.1. The molecule has 78 valence electrons. The number of rotatable bonds is 2. The Labute approximate surface area is 75.9 Å². The van der Waals surface area contributed by atoms with E-state index in [0.29, 0.717) is 0 Å². The molecule has 0 saturated carbocycles. The topological polar surface area (TPSA) is 29.3 Å². The summed E-state index contributed by atoms with van der Waals surface area (Å²) >= 11 is 0. The minimum Gasteiger partial charge on any atom is -0.269 e. The molecule has 2 atom stereocenters. The second kappa shape index (κ2) is 3.84. The molecule has 0 aliphatic carbocycles. The molecule has 1 rings (SSSR count). The third kappa shape index (κ3) is 2.57. The Morgan fingerprint density at radius 3 is 2.46 bits per heavy atom. The monoisotopic (exact) mass is 196 g/mol. The maximum atomic E-state index is 12.3. The summed E-state index contributed by atoms with van der Waals surface area (Å²) in [5.74, 6) is 4.26. The normalized spacial score (nSPS) is 31.2. The fourth-order valence-corrected chi connectivity index (χ4v) is 1.80. The highest BCUT2D eigenvalue weighted by atomic mass is 19.4. The molecule has 2 N–H and O–H groups in total. The first-order valence-electron chi connectivity index (χ1n) is 4.53. The van der Waals surface area contributed by atoms with Crippen LogP contribution in [0.3, 0.4) is 0 Å². The van der Waals surface area contributed by atoms with Gasteiger partial charge in [0.2, 0.25) is 0 Å². The Kier molecular flexibility index (Phi) is 3.18. The van der Waals surface area contributed by atoms with E-state index in [9.17, 15) is 13.2 Å². The van der Waals surface area contributed by atoms with Crippen LogP contribution in [-0.2, 0) is 0 Å². The molecule has 1 saturated heterocycles. The van der Waals surface area contributed by atoms with Crippen LogP contribution in [0.5, 0.6) is 0 Å². The van der Waals surface area contributed by atoms with Gasteiger partial charge in [0.25, 0.3) is 0 Å². The molecule has 0 amide bonds. The SMILES string of the molecule is CCC[C@@H]1CC(C(F)(F)F)CN1N. The molecular weight excluding hydrogens is 181 g/mol. The van der Waals surface area contributed by atoms with Crippen LogP contribution >= 0.6 is 0 Å². The molecule has 0 radical (unpaired) electrons. The van der Waals surface area contributed by atoms with E-state index in [0.717, 1.165) is 12.8 Å². The molecular formula is C8H15F3N2. The first kappa shape index (κ1) is 10.8. The summed E-state index contributed by atoms with van der Waals surface area (Å²) in [5.41, 5.74) is 0. The highest BCUT2D eigenvalue weighted by molar-refractivity contribution is 4.85. The van der Waals surface area contributed by atoms with Gasteiger partial charge >= 0.3 is 6.18 Å². The third-order valence-corrected chi connectivity index (χ3v) is 2.54. The quantitative estimate of drug-likeness (QED) is 0.683. The molecule has 1 heterocycles. The second-order valence-electron chi connectivity index (χ2n) is 3.61. The molecule has 2 nitrogen and oxygen atoms in total. The maximum Gasteiger partial charge on any atom is 0.393 e. The highest BCUT2D eigenvalue weighted by Gasteiger charge is 2.46. The van der Waals surface area contributed by atoms with Crippen molar-refractivity contribution in [1.29, 1.82) is 0 Å². The van der Waals surface area contributed by atoms with Crippen molar-refractivity contribution < 1.29 is 13.2 Å². The van der Waals surface area contributed by atoms with Crippen molar-refractivity contribution in [2.45, 2.75) is 38.4 Å². The molecule has 5 heteroatoms. The van der Waals surface area contributed by atoms with E-state index in [1.807, 2.05) is 6.92 Å². The average Bonchev–Trinajstić information content (AvgIpc) is 2.32. The van der Waals surface area contributed by atoms with Crippen molar-refractivity contribution in [3.8, 4) is 0 Å². The molecule has 1 fully saturated rings. The zero-order valence-corrected chi connectivity index (χ0v) is 7.64. The van der Waals surface area contributed by atoms with E-state index < -0.39 is 12.1 Å². The van der Waals surface area contributed by atoms with Gasteiger partial charge in [0.15, 0.2) is 0 Å². The number of nitrogens with zero attached hydrogens (tertiary/aromatic N) is 1. The summed E-state index contributed by atoms with van der Waals surface area (Å²) in [6, 6.07) is -0.0865. The van der Waals surface area contributed by atoms with Crippen molar-refractivity contribution in [2.75, 3.05) is 6.54 Å². The van der Waals surface area contributed by atoms with Gasteiger partial charge in [-0.25, -0.2) is 5.01 Å². The van der Waals surface area contributed by atoms with Crippen molar-refractivity contribution in [3.63, 3.8) is 0 Å². The lowest BCUT2D eigenvalue weighted by Gasteiger charge is -2.17. The zero-order valence-electron chi connectivity index (χ0n) is 7.64. The van der Waals surface area contributed by atoms with Gasteiger partial charge in [0, 0.05) is 12.6 Å². The Balaban J connectivity index is 2.50. The third-order valence-electron chi connectivity index (χ3n) is 2.54. The van der Waals surface area contributed by atoms with Crippen LogP contribution in [0.2, 0.25) is 0 Å². The summed E-state index contributed by atoms with van der Waals surface area (Å²) in [4.78, 5) is 0. The van der Waals surface area contributed by atoms with Crippen molar-refractivity contribution in [3.05, 3.63) is 0 Å². The van der Waals surface area contributed by atoms with E-state index in [4.69, 9.17) is 5.84 Å². The number of hydrogen-bond donors (Lipinski definition) is 1. The van der Waals surface area contributed by atoms with Crippen LogP contribution in [0.15, 0.2) is 0 Å². The molecule has 0 aromatic heterocycles. The predicted molar refractivity (Wildman–Crippen MR) is 43.8 cm³/mol. The van der Waals surface area contributed by atoms with Crippen LogP contribution in [0.25, 0.3) is 0 Å². The van der Waals surface area contributed by atoms with Gasteiger partial charge < -0.3 is 0 Å². The van der Waals surface area contributed by atoms with Crippen LogP contribution in [-0.4, -0.2) is 23.8 Å². The molecule has 0 aromatic rings. The summed E-state index contributed by atoms with van der Waals surface area (Å²) in [7, 11) is 0. The molecule has 0 aromatic carbocycles. The molecule has 1 aliphatic rings. The van der Waals surface area contributed by atoms with E-state index in [2.05, 4.69) is 0 Å². The first-order valence-corrected chi connectivity index (χ1v) is 4.53. The summed E-state index contributed by atoms with van der Waals surface area (Å²) in [6.45, 7) is 1.91. The van der Waals surface area contributed by atoms with Crippen molar-refractivity contribution >= 4 is 0 Å². The smallest absolute Gasteiger partial charge is 0.269 e.